The lowest BCUT2D eigenvalue weighted by atomic mass is 10.3. The zero-order valence-corrected chi connectivity index (χ0v) is 20.4. The predicted molar refractivity (Wildman–Crippen MR) is 133 cm³/mol. The Kier molecular flexibility index (Phi) is 6.56. The molecule has 2 N–H and O–H groups in total. The third-order valence-electron chi connectivity index (χ3n) is 4.19. The number of aromatic nitrogens is 1. The van der Waals surface area contributed by atoms with E-state index in [0.29, 0.717) is 16.1 Å². The summed E-state index contributed by atoms with van der Waals surface area (Å²) in [5, 5.41) is 13.6. The van der Waals surface area contributed by atoms with Crippen LogP contribution >= 0.6 is 38.6 Å². The quantitative estimate of drug-likeness (QED) is 0.173. The molecule has 2 aromatic heterocycles. The van der Waals surface area contributed by atoms with Crippen molar-refractivity contribution < 1.29 is 18.1 Å². The molecule has 0 aliphatic heterocycles. The minimum Gasteiger partial charge on any atom is -0.323 e. The Bertz CT molecular complexity index is 1490. The fourth-order valence-corrected chi connectivity index (χ4v) is 5.86. The zero-order valence-electron chi connectivity index (χ0n) is 16.4. The summed E-state index contributed by atoms with van der Waals surface area (Å²) in [4.78, 5) is 27.2. The summed E-state index contributed by atoms with van der Waals surface area (Å²) in [6.07, 6.45) is 2.71. The number of nitro groups is 1. The first-order chi connectivity index (χ1) is 15.7. The van der Waals surface area contributed by atoms with Gasteiger partial charge in [0.15, 0.2) is 5.13 Å². The number of anilines is 2. The molecule has 9 nitrogen and oxygen atoms in total. The number of rotatable bonds is 7. The summed E-state index contributed by atoms with van der Waals surface area (Å²) in [7, 11) is -3.86. The van der Waals surface area contributed by atoms with Crippen LogP contribution in [0.2, 0.25) is 0 Å². The van der Waals surface area contributed by atoms with Crippen LogP contribution in [0.3, 0.4) is 0 Å². The van der Waals surface area contributed by atoms with Gasteiger partial charge in [-0.05, 0) is 54.6 Å². The number of thiazole rings is 1. The number of benzene rings is 2. The summed E-state index contributed by atoms with van der Waals surface area (Å²) in [5.74, 6) is -0.458. The Balaban J connectivity index is 1.41. The van der Waals surface area contributed by atoms with Gasteiger partial charge >= 0.3 is 5.00 Å². The van der Waals surface area contributed by atoms with Crippen LogP contribution < -0.4 is 10.0 Å². The summed E-state index contributed by atoms with van der Waals surface area (Å²) >= 11 is 5.53. The van der Waals surface area contributed by atoms with Gasteiger partial charge in [0.1, 0.15) is 0 Å². The lowest BCUT2D eigenvalue weighted by molar-refractivity contribution is -0.380. The molecule has 4 aromatic rings. The lowest BCUT2D eigenvalue weighted by Gasteiger charge is -2.07. The Morgan fingerprint density at radius 3 is 2.55 bits per heavy atom. The highest BCUT2D eigenvalue weighted by Crippen LogP contribution is 2.30. The Hall–Kier alpha value is -3.13. The number of hydrogen-bond donors (Lipinski definition) is 2. The van der Waals surface area contributed by atoms with E-state index in [1.165, 1.54) is 53.8 Å². The van der Waals surface area contributed by atoms with E-state index in [1.54, 1.807) is 12.1 Å². The number of nitrogens with one attached hydrogen (secondary N) is 2. The van der Waals surface area contributed by atoms with Crippen LogP contribution in [0.15, 0.2) is 70.0 Å². The number of fused-ring (bicyclic) bond motifs is 1. The molecule has 0 radical (unpaired) electrons. The summed E-state index contributed by atoms with van der Waals surface area (Å²) in [6.45, 7) is 0. The average Bonchev–Trinajstić information content (AvgIpc) is 3.38. The van der Waals surface area contributed by atoms with Crippen molar-refractivity contribution in [3.05, 3.63) is 80.1 Å². The monoisotopic (exact) mass is 564 g/mol. The molecule has 0 atom stereocenters. The number of halogens is 1. The van der Waals surface area contributed by atoms with Crippen LogP contribution in [0.1, 0.15) is 4.88 Å². The number of carbonyl (C=O) groups excluding carboxylic acids is 1. The first-order valence-electron chi connectivity index (χ1n) is 9.12. The maximum atomic E-state index is 12.7. The van der Waals surface area contributed by atoms with Crippen molar-refractivity contribution in [3.8, 4) is 0 Å². The second-order valence-corrected chi connectivity index (χ2v) is 11.2. The van der Waals surface area contributed by atoms with Gasteiger partial charge in [-0.25, -0.2) is 13.4 Å². The predicted octanol–water partition coefficient (Wildman–Crippen LogP) is 5.48. The number of thiophene rings is 1. The largest absolute Gasteiger partial charge is 0.324 e. The minimum atomic E-state index is -3.86. The van der Waals surface area contributed by atoms with E-state index in [0.717, 1.165) is 20.5 Å². The number of hydrogen-bond acceptors (Lipinski definition) is 8. The zero-order chi connectivity index (χ0) is 23.6. The molecule has 2 heterocycles. The Morgan fingerprint density at radius 2 is 1.85 bits per heavy atom. The van der Waals surface area contributed by atoms with Gasteiger partial charge in [0, 0.05) is 27.2 Å². The van der Waals surface area contributed by atoms with E-state index in [-0.39, 0.29) is 15.0 Å². The van der Waals surface area contributed by atoms with Crippen molar-refractivity contribution in [2.24, 2.45) is 0 Å². The highest BCUT2D eigenvalue weighted by atomic mass is 79.9. The number of nitrogens with zero attached hydrogens (tertiary/aromatic N) is 2. The van der Waals surface area contributed by atoms with E-state index >= 15 is 0 Å². The van der Waals surface area contributed by atoms with Gasteiger partial charge in [-0.3, -0.25) is 19.6 Å². The summed E-state index contributed by atoms with van der Waals surface area (Å²) < 4.78 is 29.5. The molecule has 0 unspecified atom stereocenters. The molecule has 0 bridgehead atoms. The van der Waals surface area contributed by atoms with Crippen molar-refractivity contribution in [2.75, 3.05) is 10.0 Å². The third kappa shape index (κ3) is 5.63. The summed E-state index contributed by atoms with van der Waals surface area (Å²) in [5.41, 5.74) is 1.07. The SMILES string of the molecule is O=C(/C=C/c1ccc([N+](=O)[O-])s1)Nc1ccc(S(=O)(=O)Nc2nc3cc(Br)ccc3s2)cc1. The van der Waals surface area contributed by atoms with Gasteiger partial charge in [0.25, 0.3) is 10.0 Å². The van der Waals surface area contributed by atoms with Crippen LogP contribution in [0.4, 0.5) is 15.8 Å². The third-order valence-corrected chi connectivity index (χ3v) is 8.13. The average molecular weight is 565 g/mol. The van der Waals surface area contributed by atoms with Crippen molar-refractivity contribution >= 4 is 86.6 Å². The maximum Gasteiger partial charge on any atom is 0.324 e. The molecule has 0 spiro atoms. The van der Waals surface area contributed by atoms with Gasteiger partial charge in [-0.1, -0.05) is 38.6 Å². The van der Waals surface area contributed by atoms with Crippen LogP contribution in [0, 0.1) is 10.1 Å². The molecule has 4 rings (SSSR count). The molecule has 13 heteroatoms. The molecule has 0 fully saturated rings. The molecule has 0 aliphatic carbocycles. The van der Waals surface area contributed by atoms with Gasteiger partial charge in [-0.2, -0.15) is 0 Å². The minimum absolute atomic E-state index is 0.0146. The van der Waals surface area contributed by atoms with Gasteiger partial charge in [0.2, 0.25) is 5.91 Å². The fourth-order valence-electron chi connectivity index (χ4n) is 2.71. The molecule has 33 heavy (non-hydrogen) atoms. The molecule has 2 aromatic carbocycles. The lowest BCUT2D eigenvalue weighted by Crippen LogP contribution is -2.13. The van der Waals surface area contributed by atoms with Gasteiger partial charge in [0.05, 0.1) is 20.0 Å². The number of sulfonamides is 1. The van der Waals surface area contributed by atoms with Crippen molar-refractivity contribution in [2.45, 2.75) is 4.90 Å². The van der Waals surface area contributed by atoms with Crippen LogP contribution in [0.5, 0.6) is 0 Å². The van der Waals surface area contributed by atoms with E-state index in [4.69, 9.17) is 0 Å². The second kappa shape index (κ2) is 9.39. The smallest absolute Gasteiger partial charge is 0.323 e. The fraction of sp³-hybridized carbons (Fsp3) is 0. The van der Waals surface area contributed by atoms with Crippen LogP contribution in [0.25, 0.3) is 16.3 Å². The molecular weight excluding hydrogens is 552 g/mol. The maximum absolute atomic E-state index is 12.7. The van der Waals surface area contributed by atoms with Crippen molar-refractivity contribution in [1.82, 2.24) is 4.98 Å². The standard InChI is InChI=1S/C20H13BrN4O5S3/c21-12-1-8-17-16(11-12)23-20(32-17)24-33(29,30)15-6-2-13(3-7-15)22-18(26)9-4-14-5-10-19(31-14)25(27)28/h1-11H,(H,22,26)(H,23,24)/b9-4+. The van der Waals surface area contributed by atoms with E-state index in [9.17, 15) is 23.3 Å². The normalized spacial score (nSPS) is 11.7. The van der Waals surface area contributed by atoms with E-state index in [2.05, 4.69) is 31.0 Å². The Morgan fingerprint density at radius 1 is 1.09 bits per heavy atom. The molecule has 0 saturated heterocycles. The summed E-state index contributed by atoms with van der Waals surface area (Å²) in [6, 6.07) is 14.1. The Labute approximate surface area is 204 Å². The molecule has 1 amide bonds. The second-order valence-electron chi connectivity index (χ2n) is 6.52. The van der Waals surface area contributed by atoms with Crippen molar-refractivity contribution in [1.29, 1.82) is 0 Å². The van der Waals surface area contributed by atoms with Gasteiger partial charge < -0.3 is 5.32 Å². The van der Waals surface area contributed by atoms with Crippen molar-refractivity contribution in [3.63, 3.8) is 0 Å². The van der Waals surface area contributed by atoms with E-state index < -0.39 is 20.9 Å². The topological polar surface area (TPSA) is 131 Å². The first kappa shape index (κ1) is 23.0. The van der Waals surface area contributed by atoms with Crippen LogP contribution in [-0.2, 0) is 14.8 Å². The number of amides is 1. The van der Waals surface area contributed by atoms with E-state index in [1.807, 2.05) is 12.1 Å². The molecule has 0 aliphatic rings. The first-order valence-corrected chi connectivity index (χ1v) is 13.0. The highest BCUT2D eigenvalue weighted by Gasteiger charge is 2.17. The molecule has 0 saturated carbocycles. The highest BCUT2D eigenvalue weighted by molar-refractivity contribution is 9.10. The molecular formula is C20H13BrN4O5S3. The number of carbonyl (C=O) groups is 1. The van der Waals surface area contributed by atoms with Crippen LogP contribution in [-0.4, -0.2) is 24.2 Å². The molecule has 168 valence electrons. The van der Waals surface area contributed by atoms with Gasteiger partial charge in [-0.15, -0.1) is 0 Å².